The van der Waals surface area contributed by atoms with Gasteiger partial charge in [-0.05, 0) is 102 Å². The number of alkyl halides is 3. The van der Waals surface area contributed by atoms with E-state index in [9.17, 15) is 37.7 Å². The Hall–Kier alpha value is -4.56. The fraction of sp³-hybridized carbons (Fsp3) is 0.538. The molecule has 18 nitrogen and oxygen atoms in total. The maximum Gasteiger partial charge on any atom is 0.344 e. The van der Waals surface area contributed by atoms with Crippen molar-refractivity contribution in [3.63, 3.8) is 0 Å². The smallest absolute Gasteiger partial charge is 0.344 e. The molecule has 0 radical (unpaired) electrons. The summed E-state index contributed by atoms with van der Waals surface area (Å²) in [6.07, 6.45) is 7.57. The molecule has 4 unspecified atom stereocenters. The van der Waals surface area contributed by atoms with Gasteiger partial charge in [-0.1, -0.05) is 79.7 Å². The van der Waals surface area contributed by atoms with Crippen LogP contribution in [0.2, 0.25) is 5.02 Å². The van der Waals surface area contributed by atoms with Crippen LogP contribution >= 0.6 is 53.8 Å². The number of anilines is 2. The Balaban J connectivity index is 0.000000283. The van der Waals surface area contributed by atoms with E-state index >= 15 is 0 Å². The summed E-state index contributed by atoms with van der Waals surface area (Å²) >= 11 is 23.0. The molecular formula is C52H70Cl4FN4O14P. The van der Waals surface area contributed by atoms with Gasteiger partial charge in [0.2, 0.25) is 5.91 Å². The molecule has 3 heterocycles. The molecule has 4 amide bonds. The highest BCUT2D eigenvalue weighted by Crippen LogP contribution is 2.41. The average Bonchev–Trinajstić information content (AvgIpc) is 4.09. The Morgan fingerprint density at radius 2 is 1.68 bits per heavy atom. The van der Waals surface area contributed by atoms with E-state index in [0.717, 1.165) is 66.3 Å². The predicted molar refractivity (Wildman–Crippen MR) is 290 cm³/mol. The van der Waals surface area contributed by atoms with Crippen LogP contribution in [0.15, 0.2) is 64.3 Å². The number of nitrogens with zero attached hydrogens (tertiary/aromatic N) is 3. The van der Waals surface area contributed by atoms with Gasteiger partial charge < -0.3 is 48.9 Å². The lowest BCUT2D eigenvalue weighted by molar-refractivity contribution is -0.146. The number of unbranched alkanes of at least 4 members (excludes halogenated alkanes) is 2. The molecule has 76 heavy (non-hydrogen) atoms. The number of ether oxygens (including phenoxy) is 4. The Morgan fingerprint density at radius 3 is 2.21 bits per heavy atom. The number of aryl methyl sites for hydroxylation is 2. The van der Waals surface area contributed by atoms with Gasteiger partial charge in [0.15, 0.2) is 18.8 Å². The number of hydrogen-bond acceptors (Lipinski definition) is 13. The Kier molecular flexibility index (Phi) is 26.9. The summed E-state index contributed by atoms with van der Waals surface area (Å²) in [5.41, 5.74) is 8.24. The number of imide groups is 1. The number of carbonyl (C=O) groups excluding carboxylic acids is 5. The topological polar surface area (TPSA) is 246 Å². The molecule has 1 aliphatic carbocycles. The molecule has 422 valence electrons. The molecule has 0 saturated carbocycles. The van der Waals surface area contributed by atoms with Crippen molar-refractivity contribution >= 4 is 101 Å². The lowest BCUT2D eigenvalue weighted by Gasteiger charge is -2.31. The SMILES string of the molecule is CC1(C)OC(c2ccco2)CN1C(=O)C(Cl)Cl.CCCCCOC(=O)COc1cc(N2C(=O)C3=C(CCCC3)C2=O)c(F)cc1Cl.CCc1cccc(C)c1N(C(=O)CCl)C(C)COC.CP(=O)(O)CCC(N)C(=O)O. The minimum absolute atomic E-state index is 0.000883. The first-order valence-corrected chi connectivity index (χ1v) is 28.7. The molecule has 0 bridgehead atoms. The molecule has 24 heteroatoms. The second kappa shape index (κ2) is 31.1. The zero-order valence-corrected chi connectivity index (χ0v) is 48.0. The number of aliphatic carboxylic acids is 1. The number of carboxylic acid groups (broad SMARTS) is 1. The number of rotatable bonds is 20. The van der Waals surface area contributed by atoms with Crippen molar-refractivity contribution in [3.05, 3.63) is 87.6 Å². The summed E-state index contributed by atoms with van der Waals surface area (Å²) in [6, 6.07) is 10.8. The van der Waals surface area contributed by atoms with Crippen molar-refractivity contribution < 1.29 is 71.1 Å². The van der Waals surface area contributed by atoms with Gasteiger partial charge in [0.05, 0.1) is 48.5 Å². The van der Waals surface area contributed by atoms with Crippen LogP contribution in [0.1, 0.15) is 109 Å². The number of amides is 4. The van der Waals surface area contributed by atoms with E-state index in [1.807, 2.05) is 39.0 Å². The first-order valence-electron chi connectivity index (χ1n) is 24.7. The molecule has 3 aliphatic rings. The number of carboxylic acids is 1. The van der Waals surface area contributed by atoms with Gasteiger partial charge in [-0.2, -0.15) is 0 Å². The number of esters is 1. The molecule has 4 atom stereocenters. The minimum Gasteiger partial charge on any atom is -0.480 e. The van der Waals surface area contributed by atoms with Crippen LogP contribution in [0.5, 0.6) is 5.75 Å². The second-order valence-corrected chi connectivity index (χ2v) is 22.8. The van der Waals surface area contributed by atoms with Crippen LogP contribution in [0.4, 0.5) is 15.8 Å². The highest BCUT2D eigenvalue weighted by atomic mass is 35.5. The molecule has 0 spiro atoms. The maximum atomic E-state index is 14.5. The molecule has 4 N–H and O–H groups in total. The number of para-hydroxylation sites is 1. The number of hydrogen-bond donors (Lipinski definition) is 3. The van der Waals surface area contributed by atoms with Crippen molar-refractivity contribution in [3.8, 4) is 5.75 Å². The van der Waals surface area contributed by atoms with Gasteiger partial charge in [-0.3, -0.25) is 28.5 Å². The molecule has 2 aromatic carbocycles. The zero-order valence-electron chi connectivity index (χ0n) is 44.1. The molecule has 3 aromatic rings. The first kappa shape index (κ1) is 65.7. The summed E-state index contributed by atoms with van der Waals surface area (Å²) < 4.78 is 51.8. The van der Waals surface area contributed by atoms with Gasteiger partial charge >= 0.3 is 11.9 Å². The van der Waals surface area contributed by atoms with E-state index in [-0.39, 0.29) is 58.9 Å². The van der Waals surface area contributed by atoms with Crippen LogP contribution < -0.4 is 20.3 Å². The van der Waals surface area contributed by atoms with Crippen LogP contribution in [0.25, 0.3) is 0 Å². The summed E-state index contributed by atoms with van der Waals surface area (Å²) in [7, 11) is -1.47. The highest BCUT2D eigenvalue weighted by molar-refractivity contribution is 7.57. The van der Waals surface area contributed by atoms with Gasteiger partial charge in [-0.25, -0.2) is 14.1 Å². The van der Waals surface area contributed by atoms with Crippen LogP contribution in [0.3, 0.4) is 0 Å². The third kappa shape index (κ3) is 19.1. The maximum absolute atomic E-state index is 14.5. The number of furan rings is 1. The van der Waals surface area contributed by atoms with Crippen molar-refractivity contribution in [2.45, 2.75) is 128 Å². The number of halogens is 5. The van der Waals surface area contributed by atoms with E-state index < -0.39 is 60.1 Å². The number of benzene rings is 2. The third-order valence-electron chi connectivity index (χ3n) is 12.1. The molecule has 1 aromatic heterocycles. The molecule has 6 rings (SSSR count). The fourth-order valence-electron chi connectivity index (χ4n) is 8.23. The van der Waals surface area contributed by atoms with E-state index in [4.69, 9.17) is 85.5 Å². The monoisotopic (exact) mass is 1160 g/mol. The minimum atomic E-state index is -3.10. The van der Waals surface area contributed by atoms with Crippen molar-refractivity contribution in [2.75, 3.05) is 62.0 Å². The van der Waals surface area contributed by atoms with E-state index in [2.05, 4.69) is 13.0 Å². The Morgan fingerprint density at radius 1 is 1.04 bits per heavy atom. The largest absolute Gasteiger partial charge is 0.480 e. The lowest BCUT2D eigenvalue weighted by atomic mass is 9.93. The van der Waals surface area contributed by atoms with Crippen LogP contribution in [-0.2, 0) is 54.0 Å². The predicted octanol–water partition coefficient (Wildman–Crippen LogP) is 9.91. The Labute approximate surface area is 463 Å². The first-order chi connectivity index (χ1) is 35.7. The lowest BCUT2D eigenvalue weighted by Crippen LogP contribution is -2.45. The second-order valence-electron chi connectivity index (χ2n) is 18.5. The molecule has 1 saturated heterocycles. The van der Waals surface area contributed by atoms with Crippen molar-refractivity contribution in [2.24, 2.45) is 5.73 Å². The number of nitrogens with two attached hydrogens (primary N) is 1. The van der Waals surface area contributed by atoms with Crippen LogP contribution in [-0.4, -0.2) is 125 Å². The quantitative estimate of drug-likeness (QED) is 0.0313. The van der Waals surface area contributed by atoms with Gasteiger partial charge in [-0.15, -0.1) is 11.6 Å². The molecular weight excluding hydrogens is 1100 g/mol. The highest BCUT2D eigenvalue weighted by Gasteiger charge is 2.45. The third-order valence-corrected chi connectivity index (χ3v) is 14.1. The zero-order chi connectivity index (χ0) is 57.1. The van der Waals surface area contributed by atoms with Crippen molar-refractivity contribution in [1.29, 1.82) is 0 Å². The van der Waals surface area contributed by atoms with Crippen LogP contribution in [0, 0.1) is 12.7 Å². The van der Waals surface area contributed by atoms with Gasteiger partial charge in [0, 0.05) is 37.1 Å². The van der Waals surface area contributed by atoms with Gasteiger partial charge in [0.1, 0.15) is 41.1 Å². The van der Waals surface area contributed by atoms with Crippen molar-refractivity contribution in [1.82, 2.24) is 4.90 Å². The van der Waals surface area contributed by atoms with E-state index in [1.54, 1.807) is 38.2 Å². The normalized spacial score (nSPS) is 17.2. The summed E-state index contributed by atoms with van der Waals surface area (Å²) in [4.78, 5) is 83.1. The fourth-order valence-corrected chi connectivity index (χ4v) is 9.55. The Bertz CT molecular complexity index is 2520. The summed E-state index contributed by atoms with van der Waals surface area (Å²) in [5, 5.41) is 8.21. The standard InChI is InChI=1S/C21H23ClFNO5.C15H22ClNO2.C11H13Cl2NO3.C5H12NO4P/c1-2-3-6-9-28-19(25)12-29-18-11-17(16(23)10-15(18)22)24-20(26)13-7-4-5-8-14(13)21(24)27;1-5-13-8-6-7-11(2)15(13)17(14(18)9-16)12(3)10-19-4;1-11(2)14(10(15)9(12)13)6-8(17-11)7-4-3-5-16-7;1-11(9,10)3-2-4(6)5(7)8/h10-11H,2-9,12H2,1H3;6-8,12H,5,9-10H2,1-4H3;3-5,8-9H,6H2,1-2H3;4H,2-3,6H2,1H3,(H,7,8)(H,9,10). The number of carbonyl (C=O) groups is 6. The van der Waals surface area contributed by atoms with E-state index in [0.29, 0.717) is 49.5 Å². The number of methoxy groups -OCH3 is 1. The summed E-state index contributed by atoms with van der Waals surface area (Å²) in [5.74, 6) is -3.32. The average molecular weight is 1170 g/mol. The summed E-state index contributed by atoms with van der Waals surface area (Å²) in [6.45, 7) is 13.6. The van der Waals surface area contributed by atoms with Gasteiger partial charge in [0.25, 0.3) is 17.7 Å². The molecule has 2 aliphatic heterocycles. The van der Waals surface area contributed by atoms with E-state index in [1.165, 1.54) is 17.6 Å². The molecule has 1 fully saturated rings.